The number of carbonyl (C=O) groups is 1. The van der Waals surface area contributed by atoms with Gasteiger partial charge in [0.2, 0.25) is 5.91 Å². The summed E-state index contributed by atoms with van der Waals surface area (Å²) in [4.78, 5) is 27.7. The smallest absolute Gasteiger partial charge is 0.298 e. The summed E-state index contributed by atoms with van der Waals surface area (Å²) in [7, 11) is 0. The van der Waals surface area contributed by atoms with Crippen LogP contribution in [-0.4, -0.2) is 15.8 Å². The molecule has 0 saturated heterocycles. The molecule has 2 heterocycles. The van der Waals surface area contributed by atoms with Gasteiger partial charge in [-0.15, -0.1) is 11.3 Å². The number of thiophene rings is 1. The van der Waals surface area contributed by atoms with Crippen LogP contribution in [0.15, 0.2) is 18.2 Å². The van der Waals surface area contributed by atoms with E-state index in [-0.39, 0.29) is 10.9 Å². The van der Waals surface area contributed by atoms with E-state index >= 15 is 0 Å². The van der Waals surface area contributed by atoms with Gasteiger partial charge < -0.3 is 0 Å². The number of hydrogen-bond donors (Lipinski definition) is 1. The van der Waals surface area contributed by atoms with Crippen LogP contribution in [0.3, 0.4) is 0 Å². The Labute approximate surface area is 122 Å². The predicted molar refractivity (Wildman–Crippen MR) is 80.2 cm³/mol. The standard InChI is InChI=1S/C12H11N3O3S2/c1-7-8(2)19-12(13-7)14-10(16)5-3-9-4-6-11(20-9)15(17)18/h3-6H,1-2H3,(H,13,14,16)/b5-3+. The van der Waals surface area contributed by atoms with E-state index in [9.17, 15) is 14.9 Å². The molecule has 0 fully saturated rings. The van der Waals surface area contributed by atoms with Crippen molar-refractivity contribution in [3.63, 3.8) is 0 Å². The minimum Gasteiger partial charge on any atom is -0.298 e. The zero-order chi connectivity index (χ0) is 14.7. The van der Waals surface area contributed by atoms with Crippen LogP contribution >= 0.6 is 22.7 Å². The number of rotatable bonds is 4. The fourth-order valence-corrected chi connectivity index (χ4v) is 2.90. The highest BCUT2D eigenvalue weighted by Crippen LogP contribution is 2.25. The lowest BCUT2D eigenvalue weighted by Gasteiger charge is -1.94. The number of hydrogen-bond acceptors (Lipinski definition) is 6. The molecule has 20 heavy (non-hydrogen) atoms. The van der Waals surface area contributed by atoms with E-state index < -0.39 is 4.92 Å². The molecule has 0 aliphatic rings. The van der Waals surface area contributed by atoms with Crippen LogP contribution < -0.4 is 5.32 Å². The SMILES string of the molecule is Cc1nc(NC(=O)/C=C/c2ccc([N+](=O)[O-])s2)sc1C. The van der Waals surface area contributed by atoms with Crippen molar-refractivity contribution >= 4 is 44.8 Å². The average Bonchev–Trinajstić information content (AvgIpc) is 2.95. The van der Waals surface area contributed by atoms with Crippen LogP contribution in [0.25, 0.3) is 6.08 Å². The number of thiazole rings is 1. The van der Waals surface area contributed by atoms with Gasteiger partial charge in [0.05, 0.1) is 10.6 Å². The lowest BCUT2D eigenvalue weighted by molar-refractivity contribution is -0.380. The van der Waals surface area contributed by atoms with Gasteiger partial charge in [-0.3, -0.25) is 20.2 Å². The molecule has 0 spiro atoms. The molecular formula is C12H11N3O3S2. The molecular weight excluding hydrogens is 298 g/mol. The second kappa shape index (κ2) is 5.93. The van der Waals surface area contributed by atoms with Gasteiger partial charge in [0, 0.05) is 21.9 Å². The molecule has 0 aliphatic carbocycles. The van der Waals surface area contributed by atoms with Gasteiger partial charge in [0.15, 0.2) is 5.13 Å². The summed E-state index contributed by atoms with van der Waals surface area (Å²) in [6.45, 7) is 3.81. The highest BCUT2D eigenvalue weighted by molar-refractivity contribution is 7.16. The van der Waals surface area contributed by atoms with E-state index in [1.807, 2.05) is 13.8 Å². The molecule has 0 aliphatic heterocycles. The third kappa shape index (κ3) is 3.49. The van der Waals surface area contributed by atoms with E-state index in [1.165, 1.54) is 23.5 Å². The van der Waals surface area contributed by atoms with E-state index in [0.29, 0.717) is 10.0 Å². The Morgan fingerprint density at radius 1 is 1.40 bits per heavy atom. The van der Waals surface area contributed by atoms with Crippen molar-refractivity contribution in [3.8, 4) is 0 Å². The van der Waals surface area contributed by atoms with Gasteiger partial charge in [-0.2, -0.15) is 0 Å². The highest BCUT2D eigenvalue weighted by Gasteiger charge is 2.09. The first-order valence-corrected chi connectivity index (χ1v) is 7.26. The van der Waals surface area contributed by atoms with Crippen molar-refractivity contribution in [3.05, 3.63) is 43.8 Å². The van der Waals surface area contributed by atoms with Gasteiger partial charge in [-0.25, -0.2) is 4.98 Å². The predicted octanol–water partition coefficient (Wildman–Crippen LogP) is 3.38. The summed E-state index contributed by atoms with van der Waals surface area (Å²) in [5.74, 6) is -0.310. The molecule has 0 saturated carbocycles. The monoisotopic (exact) mass is 309 g/mol. The second-order valence-electron chi connectivity index (χ2n) is 3.92. The van der Waals surface area contributed by atoms with Crippen molar-refractivity contribution < 1.29 is 9.72 Å². The lowest BCUT2D eigenvalue weighted by atomic mass is 10.4. The lowest BCUT2D eigenvalue weighted by Crippen LogP contribution is -2.07. The molecule has 2 aromatic rings. The molecule has 0 unspecified atom stereocenters. The van der Waals surface area contributed by atoms with E-state index in [2.05, 4.69) is 10.3 Å². The minimum absolute atomic E-state index is 0.0521. The summed E-state index contributed by atoms with van der Waals surface area (Å²) in [5, 5.41) is 13.8. The van der Waals surface area contributed by atoms with Crippen molar-refractivity contribution in [1.29, 1.82) is 0 Å². The molecule has 0 atom stereocenters. The molecule has 2 aromatic heterocycles. The Kier molecular flexibility index (Phi) is 4.26. The summed E-state index contributed by atoms with van der Waals surface area (Å²) in [5.41, 5.74) is 0.892. The number of anilines is 1. The minimum atomic E-state index is -0.455. The maximum Gasteiger partial charge on any atom is 0.324 e. The Morgan fingerprint density at radius 2 is 2.15 bits per heavy atom. The van der Waals surface area contributed by atoms with Gasteiger partial charge in [0.1, 0.15) is 0 Å². The molecule has 6 nitrogen and oxygen atoms in total. The zero-order valence-electron chi connectivity index (χ0n) is 10.7. The Morgan fingerprint density at radius 3 is 2.70 bits per heavy atom. The maximum absolute atomic E-state index is 11.7. The average molecular weight is 309 g/mol. The first-order valence-electron chi connectivity index (χ1n) is 5.63. The normalized spacial score (nSPS) is 10.9. The molecule has 0 bridgehead atoms. The van der Waals surface area contributed by atoms with E-state index in [1.54, 1.807) is 12.1 Å². The van der Waals surface area contributed by atoms with Crippen molar-refractivity contribution in [2.45, 2.75) is 13.8 Å². The molecule has 0 radical (unpaired) electrons. The third-order valence-corrected chi connectivity index (χ3v) is 4.44. The van der Waals surface area contributed by atoms with Crippen LogP contribution in [-0.2, 0) is 4.79 Å². The molecule has 1 N–H and O–H groups in total. The number of nitro groups is 1. The Balaban J connectivity index is 1.99. The third-order valence-electron chi connectivity index (χ3n) is 2.45. The number of aryl methyl sites for hydroxylation is 2. The van der Waals surface area contributed by atoms with Gasteiger partial charge in [0.25, 0.3) is 0 Å². The first kappa shape index (κ1) is 14.4. The summed E-state index contributed by atoms with van der Waals surface area (Å²) in [6.07, 6.45) is 2.88. The summed E-state index contributed by atoms with van der Waals surface area (Å²) < 4.78 is 0. The van der Waals surface area contributed by atoms with Crippen molar-refractivity contribution in [1.82, 2.24) is 4.98 Å². The quantitative estimate of drug-likeness (QED) is 0.533. The van der Waals surface area contributed by atoms with Gasteiger partial charge in [-0.1, -0.05) is 11.3 Å². The van der Waals surface area contributed by atoms with E-state index in [4.69, 9.17) is 0 Å². The molecule has 1 amide bonds. The van der Waals surface area contributed by atoms with Crippen LogP contribution in [0.4, 0.5) is 10.1 Å². The first-order chi connectivity index (χ1) is 9.45. The fraction of sp³-hybridized carbons (Fsp3) is 0.167. The topological polar surface area (TPSA) is 85.1 Å². The Bertz CT molecular complexity index is 668. The maximum atomic E-state index is 11.7. The van der Waals surface area contributed by atoms with Gasteiger partial charge >= 0.3 is 5.00 Å². The van der Waals surface area contributed by atoms with E-state index in [0.717, 1.165) is 21.9 Å². The molecule has 0 aromatic carbocycles. The summed E-state index contributed by atoms with van der Waals surface area (Å²) in [6, 6.07) is 3.01. The Hall–Kier alpha value is -2.06. The van der Waals surface area contributed by atoms with Crippen LogP contribution in [0.1, 0.15) is 15.4 Å². The second-order valence-corrected chi connectivity index (χ2v) is 6.21. The van der Waals surface area contributed by atoms with Crippen molar-refractivity contribution in [2.24, 2.45) is 0 Å². The highest BCUT2D eigenvalue weighted by atomic mass is 32.1. The molecule has 2 rings (SSSR count). The summed E-state index contributed by atoms with van der Waals surface area (Å²) >= 11 is 2.43. The number of aromatic nitrogens is 1. The molecule has 8 heteroatoms. The number of carbonyl (C=O) groups excluding carboxylic acids is 1. The molecule has 104 valence electrons. The number of nitrogens with zero attached hydrogens (tertiary/aromatic N) is 2. The number of amides is 1. The number of nitrogens with one attached hydrogen (secondary N) is 1. The van der Waals surface area contributed by atoms with Crippen LogP contribution in [0.5, 0.6) is 0 Å². The van der Waals surface area contributed by atoms with Gasteiger partial charge in [-0.05, 0) is 26.0 Å². The van der Waals surface area contributed by atoms with Crippen LogP contribution in [0, 0.1) is 24.0 Å². The van der Waals surface area contributed by atoms with Crippen LogP contribution in [0.2, 0.25) is 0 Å². The zero-order valence-corrected chi connectivity index (χ0v) is 12.4. The largest absolute Gasteiger partial charge is 0.324 e. The van der Waals surface area contributed by atoms with Crippen molar-refractivity contribution in [2.75, 3.05) is 5.32 Å². The fourth-order valence-electron chi connectivity index (χ4n) is 1.36.